The molecule has 4 nitrogen and oxygen atoms in total. The number of carbonyl (C=O) groups excluding carboxylic acids is 1. The van der Waals surface area contributed by atoms with Crippen LogP contribution in [0.2, 0.25) is 0 Å². The Hall–Kier alpha value is -0.870. The molecule has 0 aliphatic heterocycles. The van der Waals surface area contributed by atoms with Crippen LogP contribution in [-0.2, 0) is 4.79 Å². The second-order valence-corrected chi connectivity index (χ2v) is 24.3. The normalized spacial score (nSPS) is 12.6. The van der Waals surface area contributed by atoms with Gasteiger partial charge in [-0.05, 0) is 38.5 Å². The molecular weight excluding hydrogens is 903 g/mol. The van der Waals surface area contributed by atoms with Gasteiger partial charge in [-0.15, -0.1) is 0 Å². The minimum absolute atomic E-state index is 0.0216. The van der Waals surface area contributed by atoms with Crippen molar-refractivity contribution in [3.05, 3.63) is 12.2 Å². The first-order chi connectivity index (χ1) is 36.7. The van der Waals surface area contributed by atoms with E-state index in [1.165, 1.54) is 360 Å². The van der Waals surface area contributed by atoms with Crippen LogP contribution in [-0.4, -0.2) is 34.9 Å². The van der Waals surface area contributed by atoms with E-state index in [-0.39, 0.29) is 12.5 Å². The number of rotatable bonds is 66. The van der Waals surface area contributed by atoms with Crippen LogP contribution in [0.15, 0.2) is 12.2 Å². The number of aliphatic hydroxyl groups excluding tert-OH is 2. The van der Waals surface area contributed by atoms with Crippen molar-refractivity contribution in [1.29, 1.82) is 0 Å². The van der Waals surface area contributed by atoms with Gasteiger partial charge in [0.15, 0.2) is 0 Å². The average Bonchev–Trinajstić information content (AvgIpc) is 3.40. The maximum atomic E-state index is 12.5. The van der Waals surface area contributed by atoms with Crippen molar-refractivity contribution in [3.63, 3.8) is 0 Å². The number of aliphatic hydroxyl groups is 2. The van der Waals surface area contributed by atoms with Crippen molar-refractivity contribution < 1.29 is 15.0 Å². The molecule has 0 aromatic heterocycles. The van der Waals surface area contributed by atoms with Crippen LogP contribution in [0.5, 0.6) is 0 Å². The lowest BCUT2D eigenvalue weighted by Crippen LogP contribution is -2.45. The van der Waals surface area contributed by atoms with E-state index >= 15 is 0 Å². The summed E-state index contributed by atoms with van der Waals surface area (Å²) in [5.74, 6) is -0.0216. The number of nitrogens with one attached hydrogen (secondary N) is 1. The quantitative estimate of drug-likeness (QED) is 0.0420. The van der Waals surface area contributed by atoms with E-state index in [0.717, 1.165) is 25.7 Å². The molecule has 0 aromatic carbocycles. The van der Waals surface area contributed by atoms with Gasteiger partial charge < -0.3 is 15.5 Å². The topological polar surface area (TPSA) is 69.6 Å². The zero-order chi connectivity index (χ0) is 53.4. The van der Waals surface area contributed by atoms with Gasteiger partial charge >= 0.3 is 0 Å². The van der Waals surface area contributed by atoms with Crippen molar-refractivity contribution in [2.24, 2.45) is 0 Å². The third kappa shape index (κ3) is 62.0. The Morgan fingerprint density at radius 1 is 0.311 bits per heavy atom. The molecule has 3 N–H and O–H groups in total. The molecule has 0 bridgehead atoms. The summed E-state index contributed by atoms with van der Waals surface area (Å²) in [6, 6.07) is -0.534. The molecule has 2 unspecified atom stereocenters. The molecule has 0 heterocycles. The van der Waals surface area contributed by atoms with Gasteiger partial charge in [-0.1, -0.05) is 379 Å². The molecule has 0 radical (unpaired) electrons. The monoisotopic (exact) mass is 1040 g/mol. The van der Waals surface area contributed by atoms with Crippen LogP contribution >= 0.6 is 0 Å². The van der Waals surface area contributed by atoms with Crippen molar-refractivity contribution in [1.82, 2.24) is 5.32 Å². The summed E-state index contributed by atoms with van der Waals surface area (Å²) in [7, 11) is 0. The fourth-order valence-electron chi connectivity index (χ4n) is 11.5. The molecule has 0 saturated carbocycles. The first-order valence-corrected chi connectivity index (χ1v) is 34.9. The molecule has 0 aliphatic carbocycles. The number of hydrogen-bond acceptors (Lipinski definition) is 3. The average molecular weight is 1040 g/mol. The van der Waals surface area contributed by atoms with Crippen molar-refractivity contribution in [3.8, 4) is 0 Å². The van der Waals surface area contributed by atoms with E-state index in [2.05, 4.69) is 31.3 Å². The molecule has 442 valence electrons. The first kappa shape index (κ1) is 73.1. The zero-order valence-corrected chi connectivity index (χ0v) is 51.2. The van der Waals surface area contributed by atoms with Gasteiger partial charge in [-0.25, -0.2) is 0 Å². The van der Waals surface area contributed by atoms with Gasteiger partial charge in [0.25, 0.3) is 0 Å². The number of hydrogen-bond donors (Lipinski definition) is 3. The summed E-state index contributed by atoms with van der Waals surface area (Å²) in [6.07, 6.45) is 88.5. The van der Waals surface area contributed by atoms with Crippen molar-refractivity contribution in [2.75, 3.05) is 6.61 Å². The third-order valence-corrected chi connectivity index (χ3v) is 16.8. The maximum absolute atomic E-state index is 12.5. The van der Waals surface area contributed by atoms with Crippen LogP contribution in [0, 0.1) is 0 Å². The standard InChI is InChI=1S/C70H139NO3/c1-3-5-7-9-11-13-15-17-19-21-23-25-27-28-29-30-31-32-33-34-35-36-37-38-39-40-41-42-44-46-48-50-52-54-56-58-60-62-64-66-70(74)71-68(67-72)69(73)65-63-61-59-57-55-53-51-49-47-45-43-26-24-22-20-18-16-14-12-10-8-6-4-2/h34-35,68-69,72-73H,3-33,36-67H2,1-2H3,(H,71,74)/b35-34-. The van der Waals surface area contributed by atoms with Crippen LogP contribution in [0.1, 0.15) is 412 Å². The van der Waals surface area contributed by atoms with Gasteiger partial charge in [0.1, 0.15) is 0 Å². The Balaban J connectivity index is 3.36. The first-order valence-electron chi connectivity index (χ1n) is 34.9. The van der Waals surface area contributed by atoms with Gasteiger partial charge in [0.2, 0.25) is 5.91 Å². The predicted molar refractivity (Wildman–Crippen MR) is 332 cm³/mol. The Morgan fingerprint density at radius 3 is 0.743 bits per heavy atom. The van der Waals surface area contributed by atoms with Crippen molar-refractivity contribution >= 4 is 5.91 Å². The van der Waals surface area contributed by atoms with Crippen LogP contribution in [0.25, 0.3) is 0 Å². The Bertz CT molecular complexity index is 1040. The predicted octanol–water partition coefficient (Wildman–Crippen LogP) is 23.6. The largest absolute Gasteiger partial charge is 0.394 e. The number of allylic oxidation sites excluding steroid dienone is 2. The van der Waals surface area contributed by atoms with E-state index < -0.39 is 12.1 Å². The second kappa shape index (κ2) is 66.4. The molecule has 0 spiro atoms. The number of amides is 1. The summed E-state index contributed by atoms with van der Waals surface area (Å²) in [4.78, 5) is 12.5. The molecule has 4 heteroatoms. The van der Waals surface area contributed by atoms with Gasteiger partial charge in [0, 0.05) is 6.42 Å². The van der Waals surface area contributed by atoms with E-state index in [1.807, 2.05) is 0 Å². The molecule has 0 rings (SSSR count). The smallest absolute Gasteiger partial charge is 0.220 e. The third-order valence-electron chi connectivity index (χ3n) is 16.8. The minimum Gasteiger partial charge on any atom is -0.394 e. The number of unbranched alkanes of at least 4 members (excludes halogenated alkanes) is 57. The highest BCUT2D eigenvalue weighted by Gasteiger charge is 2.20. The van der Waals surface area contributed by atoms with Crippen LogP contribution < -0.4 is 5.32 Å². The van der Waals surface area contributed by atoms with Crippen LogP contribution in [0.3, 0.4) is 0 Å². The van der Waals surface area contributed by atoms with Crippen molar-refractivity contribution in [2.45, 2.75) is 424 Å². The molecule has 0 aliphatic rings. The number of carbonyl (C=O) groups is 1. The van der Waals surface area contributed by atoms with E-state index in [9.17, 15) is 15.0 Å². The lowest BCUT2D eigenvalue weighted by molar-refractivity contribution is -0.123. The molecule has 2 atom stereocenters. The summed E-state index contributed by atoms with van der Waals surface area (Å²) >= 11 is 0. The molecule has 0 saturated heterocycles. The van der Waals surface area contributed by atoms with E-state index in [1.54, 1.807) is 0 Å². The van der Waals surface area contributed by atoms with E-state index in [0.29, 0.717) is 12.8 Å². The minimum atomic E-state index is -0.658. The summed E-state index contributed by atoms with van der Waals surface area (Å²) in [5.41, 5.74) is 0. The van der Waals surface area contributed by atoms with Gasteiger partial charge in [-0.2, -0.15) is 0 Å². The maximum Gasteiger partial charge on any atom is 0.220 e. The van der Waals surface area contributed by atoms with Gasteiger partial charge in [0.05, 0.1) is 18.8 Å². The van der Waals surface area contributed by atoms with Gasteiger partial charge in [-0.3, -0.25) is 4.79 Å². The lowest BCUT2D eigenvalue weighted by atomic mass is 10.0. The Morgan fingerprint density at radius 2 is 0.514 bits per heavy atom. The van der Waals surface area contributed by atoms with E-state index in [4.69, 9.17) is 0 Å². The fraction of sp³-hybridized carbons (Fsp3) is 0.957. The summed E-state index contributed by atoms with van der Waals surface area (Å²) in [6.45, 7) is 4.41. The fourth-order valence-corrected chi connectivity index (χ4v) is 11.5. The van der Waals surface area contributed by atoms with Crippen LogP contribution in [0.4, 0.5) is 0 Å². The molecule has 0 aromatic rings. The lowest BCUT2D eigenvalue weighted by Gasteiger charge is -2.22. The Labute approximate surface area is 467 Å². The summed E-state index contributed by atoms with van der Waals surface area (Å²) < 4.78 is 0. The highest BCUT2D eigenvalue weighted by atomic mass is 16.3. The molecule has 1 amide bonds. The Kier molecular flexibility index (Phi) is 65.6. The molecular formula is C70H139NO3. The highest BCUT2D eigenvalue weighted by molar-refractivity contribution is 5.76. The second-order valence-electron chi connectivity index (χ2n) is 24.3. The summed E-state index contributed by atoms with van der Waals surface area (Å²) in [5, 5.41) is 23.4. The highest BCUT2D eigenvalue weighted by Crippen LogP contribution is 2.20. The molecule has 74 heavy (non-hydrogen) atoms. The SMILES string of the molecule is CCCCCCCCCCCCCCCCCCCC/C=C\CCCCCCCCCCCCCCCCCCCC(=O)NC(CO)C(O)CCCCCCCCCCCCCCCCCCCCCCCCC. The zero-order valence-electron chi connectivity index (χ0n) is 51.2. The molecule has 0 fully saturated rings.